The van der Waals surface area contributed by atoms with Gasteiger partial charge < -0.3 is 9.15 Å². The second-order valence-corrected chi connectivity index (χ2v) is 3.94. The maximum Gasteiger partial charge on any atom is 0.231 e. The first-order valence-electron chi connectivity index (χ1n) is 5.64. The highest BCUT2D eigenvalue weighted by molar-refractivity contribution is 6.25. The van der Waals surface area contributed by atoms with Crippen LogP contribution >= 0.6 is 0 Å². The molecule has 1 aliphatic rings. The van der Waals surface area contributed by atoms with E-state index >= 15 is 0 Å². The lowest BCUT2D eigenvalue weighted by atomic mass is 9.91. The van der Waals surface area contributed by atoms with Crippen LogP contribution in [0.2, 0.25) is 0 Å². The fourth-order valence-electron chi connectivity index (χ4n) is 1.96. The molecule has 4 nitrogen and oxygen atoms in total. The monoisotopic (exact) mass is 234 g/mol. The molecule has 4 heteroatoms. The molecule has 0 radical (unpaired) electrons. The highest BCUT2D eigenvalue weighted by atomic mass is 16.5. The number of methoxy groups -OCH3 is 1. The normalized spacial score (nSPS) is 15.2. The summed E-state index contributed by atoms with van der Waals surface area (Å²) in [6, 6.07) is 1.51. The molecule has 0 saturated carbocycles. The number of unbranched alkanes of at least 4 members (excludes halogenated alkanes) is 1. The quantitative estimate of drug-likeness (QED) is 0.803. The molecule has 0 atom stereocenters. The number of carbonyl (C=O) groups is 2. The van der Waals surface area contributed by atoms with Crippen molar-refractivity contribution in [2.45, 2.75) is 26.2 Å². The van der Waals surface area contributed by atoms with Crippen molar-refractivity contribution in [3.63, 3.8) is 0 Å². The van der Waals surface area contributed by atoms with Gasteiger partial charge in [0.1, 0.15) is 0 Å². The number of allylic oxidation sites excluding steroid dienone is 2. The van der Waals surface area contributed by atoms with Crippen LogP contribution < -0.4 is 0 Å². The van der Waals surface area contributed by atoms with Crippen molar-refractivity contribution in [2.24, 2.45) is 0 Å². The lowest BCUT2D eigenvalue weighted by Gasteiger charge is -2.16. The van der Waals surface area contributed by atoms with Gasteiger partial charge in [-0.05, 0) is 18.9 Å². The molecular formula is C13H14O4. The van der Waals surface area contributed by atoms with Crippen LogP contribution in [0.5, 0.6) is 0 Å². The molecular weight excluding hydrogens is 220 g/mol. The molecule has 0 spiro atoms. The summed E-state index contributed by atoms with van der Waals surface area (Å²) < 4.78 is 10.2. The van der Waals surface area contributed by atoms with Crippen molar-refractivity contribution in [2.75, 3.05) is 7.11 Å². The number of ether oxygens (including phenoxy) is 1. The highest BCUT2D eigenvalue weighted by Crippen LogP contribution is 2.30. The third-order valence-corrected chi connectivity index (χ3v) is 2.85. The molecule has 1 aromatic rings. The summed E-state index contributed by atoms with van der Waals surface area (Å²) in [4.78, 5) is 24.1. The van der Waals surface area contributed by atoms with Crippen LogP contribution in [0.15, 0.2) is 28.1 Å². The topological polar surface area (TPSA) is 56.5 Å². The Morgan fingerprint density at radius 1 is 1.29 bits per heavy atom. The van der Waals surface area contributed by atoms with Crippen molar-refractivity contribution >= 4 is 11.6 Å². The van der Waals surface area contributed by atoms with Crippen LogP contribution in [-0.2, 0) is 4.74 Å². The van der Waals surface area contributed by atoms with Crippen LogP contribution in [0.3, 0.4) is 0 Å². The first kappa shape index (κ1) is 11.6. The Bertz CT molecular complexity index is 493. The second-order valence-electron chi connectivity index (χ2n) is 3.94. The number of fused-ring (bicyclic) bond motifs is 1. The van der Waals surface area contributed by atoms with Crippen LogP contribution in [0.25, 0.3) is 0 Å². The van der Waals surface area contributed by atoms with E-state index < -0.39 is 0 Å². The average Bonchev–Trinajstić information content (AvgIpc) is 2.81. The molecule has 1 aliphatic carbocycles. The molecule has 17 heavy (non-hydrogen) atoms. The smallest absolute Gasteiger partial charge is 0.231 e. The lowest BCUT2D eigenvalue weighted by Crippen LogP contribution is -2.21. The van der Waals surface area contributed by atoms with Gasteiger partial charge in [-0.15, -0.1) is 0 Å². The molecule has 0 bridgehead atoms. The van der Waals surface area contributed by atoms with Crippen molar-refractivity contribution < 1.29 is 18.7 Å². The molecule has 2 rings (SSSR count). The predicted molar refractivity (Wildman–Crippen MR) is 60.9 cm³/mol. The van der Waals surface area contributed by atoms with E-state index in [-0.39, 0.29) is 23.1 Å². The van der Waals surface area contributed by atoms with E-state index in [0.29, 0.717) is 17.6 Å². The third-order valence-electron chi connectivity index (χ3n) is 2.85. The van der Waals surface area contributed by atoms with E-state index in [1.54, 1.807) is 0 Å². The van der Waals surface area contributed by atoms with E-state index in [2.05, 4.69) is 0 Å². The van der Waals surface area contributed by atoms with Gasteiger partial charge in [0.05, 0.1) is 18.9 Å². The van der Waals surface area contributed by atoms with Gasteiger partial charge in [0.2, 0.25) is 11.6 Å². The molecule has 0 unspecified atom stereocenters. The summed E-state index contributed by atoms with van der Waals surface area (Å²) in [6.07, 6.45) is 3.70. The Balaban J connectivity index is 2.45. The van der Waals surface area contributed by atoms with E-state index in [4.69, 9.17) is 9.15 Å². The number of carbonyl (C=O) groups excluding carboxylic acids is 2. The van der Waals surface area contributed by atoms with Crippen molar-refractivity contribution in [1.29, 1.82) is 0 Å². The Morgan fingerprint density at radius 2 is 2.06 bits per heavy atom. The standard InChI is InChI=1S/C13H14O4/c1-3-4-5-8-11(15)13-9(6-7-17-13)10(14)12(8)16-2/h6-7H,3-5H2,1-2H3. The maximum atomic E-state index is 12.1. The van der Waals surface area contributed by atoms with Crippen LogP contribution in [0, 0.1) is 0 Å². The summed E-state index contributed by atoms with van der Waals surface area (Å²) >= 11 is 0. The minimum atomic E-state index is -0.262. The van der Waals surface area contributed by atoms with Crippen LogP contribution in [0.4, 0.5) is 0 Å². The predicted octanol–water partition coefficient (Wildman–Crippen LogP) is 2.75. The average molecular weight is 234 g/mol. The zero-order chi connectivity index (χ0) is 12.4. The third kappa shape index (κ3) is 1.79. The van der Waals surface area contributed by atoms with Gasteiger partial charge in [-0.3, -0.25) is 9.59 Å². The molecule has 0 fully saturated rings. The molecule has 1 heterocycles. The Labute approximate surface area is 99.3 Å². The number of hydrogen-bond acceptors (Lipinski definition) is 4. The number of furan rings is 1. The number of Topliss-reactive ketones (excluding diaryl/α,β-unsaturated/α-hetero) is 2. The van der Waals surface area contributed by atoms with Crippen molar-refractivity contribution in [3.05, 3.63) is 35.0 Å². The molecule has 0 saturated heterocycles. The number of ketones is 2. The maximum absolute atomic E-state index is 12.1. The van der Waals surface area contributed by atoms with Gasteiger partial charge in [0.15, 0.2) is 11.5 Å². The lowest BCUT2D eigenvalue weighted by molar-refractivity contribution is 0.0889. The summed E-state index contributed by atoms with van der Waals surface area (Å²) in [5.41, 5.74) is 0.730. The van der Waals surface area contributed by atoms with Crippen LogP contribution in [-0.4, -0.2) is 18.7 Å². The Morgan fingerprint density at radius 3 is 2.71 bits per heavy atom. The van der Waals surface area contributed by atoms with E-state index in [1.807, 2.05) is 6.92 Å². The fraction of sp³-hybridized carbons (Fsp3) is 0.385. The van der Waals surface area contributed by atoms with E-state index in [0.717, 1.165) is 12.8 Å². The van der Waals surface area contributed by atoms with Gasteiger partial charge in [-0.2, -0.15) is 0 Å². The highest BCUT2D eigenvalue weighted by Gasteiger charge is 2.35. The van der Waals surface area contributed by atoms with E-state index in [1.165, 1.54) is 19.4 Å². The summed E-state index contributed by atoms with van der Waals surface area (Å²) in [5.74, 6) is -0.184. The summed E-state index contributed by atoms with van der Waals surface area (Å²) in [6.45, 7) is 2.03. The number of rotatable bonds is 4. The summed E-state index contributed by atoms with van der Waals surface area (Å²) in [5, 5.41) is 0. The minimum Gasteiger partial charge on any atom is -0.492 e. The van der Waals surface area contributed by atoms with Crippen molar-refractivity contribution in [1.82, 2.24) is 0 Å². The van der Waals surface area contributed by atoms with Gasteiger partial charge in [-0.1, -0.05) is 13.3 Å². The second kappa shape index (κ2) is 4.57. The van der Waals surface area contributed by atoms with Crippen molar-refractivity contribution in [3.8, 4) is 0 Å². The largest absolute Gasteiger partial charge is 0.492 e. The van der Waals surface area contributed by atoms with Gasteiger partial charge in [0.25, 0.3) is 0 Å². The Hall–Kier alpha value is -1.84. The molecule has 0 aromatic carbocycles. The first-order valence-corrected chi connectivity index (χ1v) is 5.64. The first-order chi connectivity index (χ1) is 8.20. The molecule has 1 aromatic heterocycles. The Kier molecular flexibility index (Phi) is 3.13. The SMILES string of the molecule is CCCCC1=C(OC)C(=O)c2ccoc2C1=O. The van der Waals surface area contributed by atoms with Gasteiger partial charge in [-0.25, -0.2) is 0 Å². The zero-order valence-corrected chi connectivity index (χ0v) is 9.91. The molecule has 0 aliphatic heterocycles. The molecule has 0 N–H and O–H groups in total. The van der Waals surface area contributed by atoms with E-state index in [9.17, 15) is 9.59 Å². The van der Waals surface area contributed by atoms with Gasteiger partial charge >= 0.3 is 0 Å². The van der Waals surface area contributed by atoms with Crippen LogP contribution in [0.1, 0.15) is 47.1 Å². The molecule has 0 amide bonds. The fourth-order valence-corrected chi connectivity index (χ4v) is 1.96. The minimum absolute atomic E-state index is 0.141. The summed E-state index contributed by atoms with van der Waals surface area (Å²) in [7, 11) is 1.41. The zero-order valence-electron chi connectivity index (χ0n) is 9.91. The number of hydrogen-bond donors (Lipinski definition) is 0. The molecule has 90 valence electrons. The van der Waals surface area contributed by atoms with Gasteiger partial charge in [0, 0.05) is 5.57 Å².